The van der Waals surface area contributed by atoms with Crippen LogP contribution < -0.4 is 5.32 Å². The molecule has 0 amide bonds. The molecule has 3 unspecified atom stereocenters. The number of hydrogen-bond acceptors (Lipinski definition) is 2. The van der Waals surface area contributed by atoms with E-state index in [-0.39, 0.29) is 0 Å². The number of nitrogens with zero attached hydrogens (tertiary/aromatic N) is 1. The second-order valence-electron chi connectivity index (χ2n) is 5.54. The fraction of sp³-hybridized carbons (Fsp3) is 1.00. The molecule has 0 aliphatic heterocycles. The summed E-state index contributed by atoms with van der Waals surface area (Å²) in [6, 6.07) is 2.17. The van der Waals surface area contributed by atoms with Crippen molar-refractivity contribution in [3.05, 3.63) is 0 Å². The van der Waals surface area contributed by atoms with Gasteiger partial charge in [0.05, 0.1) is 0 Å². The van der Waals surface area contributed by atoms with E-state index in [0.29, 0.717) is 6.04 Å². The summed E-state index contributed by atoms with van der Waals surface area (Å²) >= 11 is 0. The van der Waals surface area contributed by atoms with Gasteiger partial charge in [0, 0.05) is 18.1 Å². The molecule has 0 spiro atoms. The molecule has 0 saturated heterocycles. The second-order valence-corrected chi connectivity index (χ2v) is 5.54. The minimum atomic E-state index is 0.698. The summed E-state index contributed by atoms with van der Waals surface area (Å²) in [5, 5.41) is 3.57. The summed E-state index contributed by atoms with van der Waals surface area (Å²) in [4.78, 5) is 2.73. The standard InChI is InChI=1S/C15H32N2/c1-5-13(3)17(6-2)15-12-10-8-7-9-11-14(15)16-4/h13-16H,5-12H2,1-4H3. The fourth-order valence-electron chi connectivity index (χ4n) is 3.31. The van der Waals surface area contributed by atoms with Crippen LogP contribution in [0.4, 0.5) is 0 Å². The van der Waals surface area contributed by atoms with Gasteiger partial charge in [-0.1, -0.05) is 39.5 Å². The molecule has 0 aromatic carbocycles. The molecule has 2 nitrogen and oxygen atoms in total. The number of likely N-dealkylation sites (N-methyl/N-ethyl adjacent to an activating group) is 2. The van der Waals surface area contributed by atoms with Gasteiger partial charge in [-0.2, -0.15) is 0 Å². The molecule has 0 radical (unpaired) electrons. The SMILES string of the molecule is CCC(C)N(CC)C1CCCCCCC1NC. The monoisotopic (exact) mass is 240 g/mol. The van der Waals surface area contributed by atoms with Crippen molar-refractivity contribution in [3.8, 4) is 0 Å². The summed E-state index contributed by atoms with van der Waals surface area (Å²) < 4.78 is 0. The zero-order valence-electron chi connectivity index (χ0n) is 12.3. The van der Waals surface area contributed by atoms with Gasteiger partial charge in [0.15, 0.2) is 0 Å². The van der Waals surface area contributed by atoms with E-state index in [1.165, 1.54) is 51.5 Å². The third-order valence-corrected chi connectivity index (χ3v) is 4.55. The van der Waals surface area contributed by atoms with Crippen molar-refractivity contribution < 1.29 is 0 Å². The number of nitrogens with one attached hydrogen (secondary N) is 1. The molecule has 1 fully saturated rings. The van der Waals surface area contributed by atoms with Crippen molar-refractivity contribution in [2.24, 2.45) is 0 Å². The Morgan fingerprint density at radius 2 is 1.76 bits per heavy atom. The summed E-state index contributed by atoms with van der Waals surface area (Å²) in [6.45, 7) is 8.20. The van der Waals surface area contributed by atoms with E-state index in [4.69, 9.17) is 0 Å². The molecule has 1 rings (SSSR count). The van der Waals surface area contributed by atoms with Crippen molar-refractivity contribution in [2.75, 3.05) is 13.6 Å². The lowest BCUT2D eigenvalue weighted by molar-refractivity contribution is 0.101. The van der Waals surface area contributed by atoms with Crippen LogP contribution >= 0.6 is 0 Å². The normalized spacial score (nSPS) is 28.8. The summed E-state index contributed by atoms with van der Waals surface area (Å²) in [6.07, 6.45) is 9.68. The third-order valence-electron chi connectivity index (χ3n) is 4.55. The van der Waals surface area contributed by atoms with Crippen LogP contribution in [0.5, 0.6) is 0 Å². The van der Waals surface area contributed by atoms with Gasteiger partial charge in [0.1, 0.15) is 0 Å². The predicted octanol–water partition coefficient (Wildman–Crippen LogP) is 3.42. The highest BCUT2D eigenvalue weighted by atomic mass is 15.2. The maximum absolute atomic E-state index is 3.57. The molecule has 3 atom stereocenters. The predicted molar refractivity (Wildman–Crippen MR) is 76.5 cm³/mol. The highest BCUT2D eigenvalue weighted by Gasteiger charge is 2.28. The van der Waals surface area contributed by atoms with Crippen molar-refractivity contribution in [3.63, 3.8) is 0 Å². The lowest BCUT2D eigenvalue weighted by Crippen LogP contribution is -2.52. The van der Waals surface area contributed by atoms with Crippen LogP contribution in [-0.4, -0.2) is 36.6 Å². The highest BCUT2D eigenvalue weighted by Crippen LogP contribution is 2.24. The molecular weight excluding hydrogens is 208 g/mol. The first-order valence-electron chi connectivity index (χ1n) is 7.67. The smallest absolute Gasteiger partial charge is 0.0251 e. The molecule has 2 heteroatoms. The van der Waals surface area contributed by atoms with Gasteiger partial charge in [-0.05, 0) is 39.8 Å². The van der Waals surface area contributed by atoms with Gasteiger partial charge in [0.2, 0.25) is 0 Å². The van der Waals surface area contributed by atoms with Crippen LogP contribution in [0.15, 0.2) is 0 Å². The highest BCUT2D eigenvalue weighted by molar-refractivity contribution is 4.87. The summed E-state index contributed by atoms with van der Waals surface area (Å²) in [5.41, 5.74) is 0. The minimum Gasteiger partial charge on any atom is -0.315 e. The van der Waals surface area contributed by atoms with E-state index >= 15 is 0 Å². The van der Waals surface area contributed by atoms with E-state index in [9.17, 15) is 0 Å². The summed E-state index contributed by atoms with van der Waals surface area (Å²) in [5.74, 6) is 0. The van der Waals surface area contributed by atoms with E-state index in [2.05, 4.69) is 38.0 Å². The maximum atomic E-state index is 3.57. The number of rotatable bonds is 5. The maximum Gasteiger partial charge on any atom is 0.0251 e. The Hall–Kier alpha value is -0.0800. The van der Waals surface area contributed by atoms with Crippen LogP contribution in [0.3, 0.4) is 0 Å². The zero-order chi connectivity index (χ0) is 12.7. The van der Waals surface area contributed by atoms with E-state index in [1.807, 2.05) is 0 Å². The van der Waals surface area contributed by atoms with Gasteiger partial charge in [0.25, 0.3) is 0 Å². The minimum absolute atomic E-state index is 0.698. The molecule has 1 N–H and O–H groups in total. The lowest BCUT2D eigenvalue weighted by Gasteiger charge is -2.41. The molecular formula is C15H32N2. The Morgan fingerprint density at radius 1 is 1.12 bits per heavy atom. The van der Waals surface area contributed by atoms with E-state index in [1.54, 1.807) is 0 Å². The van der Waals surface area contributed by atoms with E-state index < -0.39 is 0 Å². The van der Waals surface area contributed by atoms with Gasteiger partial charge in [-0.25, -0.2) is 0 Å². The van der Waals surface area contributed by atoms with Crippen LogP contribution in [0.2, 0.25) is 0 Å². The Morgan fingerprint density at radius 3 is 2.29 bits per heavy atom. The molecule has 102 valence electrons. The van der Waals surface area contributed by atoms with Gasteiger partial charge in [-0.3, -0.25) is 4.90 Å². The summed E-state index contributed by atoms with van der Waals surface area (Å²) in [7, 11) is 2.14. The van der Waals surface area contributed by atoms with E-state index in [0.717, 1.165) is 12.1 Å². The molecule has 0 aromatic rings. The van der Waals surface area contributed by atoms with Gasteiger partial charge >= 0.3 is 0 Å². The largest absolute Gasteiger partial charge is 0.315 e. The molecule has 17 heavy (non-hydrogen) atoms. The van der Waals surface area contributed by atoms with Crippen LogP contribution in [0.25, 0.3) is 0 Å². The van der Waals surface area contributed by atoms with Crippen molar-refractivity contribution >= 4 is 0 Å². The molecule has 0 heterocycles. The molecule has 1 aliphatic rings. The first kappa shape index (κ1) is 15.0. The van der Waals surface area contributed by atoms with Crippen LogP contribution in [0, 0.1) is 0 Å². The van der Waals surface area contributed by atoms with Gasteiger partial charge < -0.3 is 5.32 Å². The average molecular weight is 240 g/mol. The Kier molecular flexibility index (Phi) is 7.14. The quantitative estimate of drug-likeness (QED) is 0.792. The third kappa shape index (κ3) is 4.26. The van der Waals surface area contributed by atoms with Crippen molar-refractivity contribution in [1.82, 2.24) is 10.2 Å². The lowest BCUT2D eigenvalue weighted by atomic mass is 9.90. The fourth-order valence-corrected chi connectivity index (χ4v) is 3.31. The Balaban J connectivity index is 2.70. The van der Waals surface area contributed by atoms with Crippen LogP contribution in [0.1, 0.15) is 65.7 Å². The average Bonchev–Trinajstić information content (AvgIpc) is 2.32. The van der Waals surface area contributed by atoms with Crippen molar-refractivity contribution in [2.45, 2.75) is 83.8 Å². The first-order valence-corrected chi connectivity index (χ1v) is 7.67. The molecule has 0 bridgehead atoms. The van der Waals surface area contributed by atoms with Gasteiger partial charge in [-0.15, -0.1) is 0 Å². The van der Waals surface area contributed by atoms with Crippen molar-refractivity contribution in [1.29, 1.82) is 0 Å². The first-order chi connectivity index (χ1) is 8.24. The number of hydrogen-bond donors (Lipinski definition) is 1. The molecule has 0 aromatic heterocycles. The Labute approximate surface area is 108 Å². The topological polar surface area (TPSA) is 15.3 Å². The van der Waals surface area contributed by atoms with Crippen LogP contribution in [-0.2, 0) is 0 Å². The molecule has 1 saturated carbocycles. The Bertz CT molecular complexity index is 193. The molecule has 1 aliphatic carbocycles. The zero-order valence-corrected chi connectivity index (χ0v) is 12.3. The second kappa shape index (κ2) is 8.10.